The van der Waals surface area contributed by atoms with E-state index < -0.39 is 12.5 Å². The first-order valence-corrected chi connectivity index (χ1v) is 10.8. The number of halogens is 3. The SMILES string of the molecule is O=C(Cc1ccc(F)c(CF)c1)Nc1ncc(-c2ccc(F)cc2)nc1CCc1ccccc1. The van der Waals surface area contributed by atoms with Gasteiger partial charge in [0.2, 0.25) is 5.91 Å². The first kappa shape index (κ1) is 23.2. The number of alkyl halides is 1. The molecule has 4 nitrogen and oxygen atoms in total. The highest BCUT2D eigenvalue weighted by molar-refractivity contribution is 5.92. The Morgan fingerprint density at radius 1 is 0.882 bits per heavy atom. The summed E-state index contributed by atoms with van der Waals surface area (Å²) in [5.74, 6) is -1.04. The number of carbonyl (C=O) groups excluding carboxylic acids is 1. The maximum Gasteiger partial charge on any atom is 0.229 e. The van der Waals surface area contributed by atoms with Gasteiger partial charge < -0.3 is 5.32 Å². The Labute approximate surface area is 195 Å². The lowest BCUT2D eigenvalue weighted by molar-refractivity contribution is -0.115. The van der Waals surface area contributed by atoms with Gasteiger partial charge in [-0.25, -0.2) is 23.1 Å². The number of carbonyl (C=O) groups is 1. The lowest BCUT2D eigenvalue weighted by Crippen LogP contribution is -2.18. The third-order valence-electron chi connectivity index (χ3n) is 5.35. The second kappa shape index (κ2) is 10.7. The van der Waals surface area contributed by atoms with Gasteiger partial charge >= 0.3 is 0 Å². The van der Waals surface area contributed by atoms with Crippen LogP contribution < -0.4 is 5.32 Å². The monoisotopic (exact) mass is 461 g/mol. The standard InChI is InChI=1S/C27H22F3N3O/c28-16-21-14-19(6-12-23(21)30)15-26(34)33-27-24(13-7-18-4-2-1-3-5-18)32-25(17-31-27)20-8-10-22(29)11-9-20/h1-6,8-12,14,17H,7,13,15-16H2,(H,31,33,34). The van der Waals surface area contributed by atoms with Gasteiger partial charge in [-0.3, -0.25) is 4.79 Å². The maximum absolute atomic E-state index is 13.6. The molecule has 3 aromatic carbocycles. The molecule has 0 bridgehead atoms. The van der Waals surface area contributed by atoms with E-state index in [-0.39, 0.29) is 23.7 Å². The summed E-state index contributed by atoms with van der Waals surface area (Å²) in [4.78, 5) is 21.8. The molecule has 0 radical (unpaired) electrons. The third kappa shape index (κ3) is 5.86. The Balaban J connectivity index is 1.56. The zero-order chi connectivity index (χ0) is 23.9. The number of hydrogen-bond acceptors (Lipinski definition) is 3. The summed E-state index contributed by atoms with van der Waals surface area (Å²) in [6.07, 6.45) is 2.66. The van der Waals surface area contributed by atoms with Crippen molar-refractivity contribution in [3.63, 3.8) is 0 Å². The minimum Gasteiger partial charge on any atom is -0.309 e. The summed E-state index contributed by atoms with van der Waals surface area (Å²) in [7, 11) is 0. The van der Waals surface area contributed by atoms with Gasteiger partial charge in [0.1, 0.15) is 18.3 Å². The molecular weight excluding hydrogens is 439 g/mol. The zero-order valence-electron chi connectivity index (χ0n) is 18.3. The number of amides is 1. The van der Waals surface area contributed by atoms with Crippen LogP contribution in [-0.4, -0.2) is 15.9 Å². The molecular formula is C27H22F3N3O. The summed E-state index contributed by atoms with van der Waals surface area (Å²) in [5, 5.41) is 2.78. The van der Waals surface area contributed by atoms with E-state index in [1.165, 1.54) is 30.5 Å². The van der Waals surface area contributed by atoms with E-state index in [1.54, 1.807) is 12.1 Å². The number of nitrogens with one attached hydrogen (secondary N) is 1. The van der Waals surface area contributed by atoms with Gasteiger partial charge in [0.25, 0.3) is 0 Å². The molecule has 0 saturated carbocycles. The van der Waals surface area contributed by atoms with Crippen LogP contribution in [0.25, 0.3) is 11.3 Å². The lowest BCUT2D eigenvalue weighted by Gasteiger charge is -2.12. The molecule has 0 atom stereocenters. The summed E-state index contributed by atoms with van der Waals surface area (Å²) in [6.45, 7) is -0.943. The van der Waals surface area contributed by atoms with E-state index in [2.05, 4.69) is 15.3 Å². The van der Waals surface area contributed by atoms with Gasteiger partial charge in [0, 0.05) is 11.1 Å². The number of anilines is 1. The second-order valence-corrected chi connectivity index (χ2v) is 7.83. The van der Waals surface area contributed by atoms with Gasteiger partial charge in [-0.1, -0.05) is 36.4 Å². The fraction of sp³-hybridized carbons (Fsp3) is 0.148. The number of aromatic nitrogens is 2. The number of rotatable bonds is 8. The van der Waals surface area contributed by atoms with Gasteiger partial charge in [-0.15, -0.1) is 0 Å². The predicted molar refractivity (Wildman–Crippen MR) is 125 cm³/mol. The van der Waals surface area contributed by atoms with Gasteiger partial charge in [-0.05, 0) is 60.4 Å². The highest BCUT2D eigenvalue weighted by Gasteiger charge is 2.14. The van der Waals surface area contributed by atoms with Gasteiger partial charge in [0.05, 0.1) is 24.0 Å². The van der Waals surface area contributed by atoms with Crippen molar-refractivity contribution in [2.45, 2.75) is 25.9 Å². The molecule has 7 heteroatoms. The largest absolute Gasteiger partial charge is 0.309 e. The Hall–Kier alpha value is -4.00. The van der Waals surface area contributed by atoms with Crippen molar-refractivity contribution in [3.8, 4) is 11.3 Å². The molecule has 0 fully saturated rings. The van der Waals surface area contributed by atoms with E-state index in [0.29, 0.717) is 41.2 Å². The van der Waals surface area contributed by atoms with E-state index in [0.717, 1.165) is 11.6 Å². The summed E-state index contributed by atoms with van der Waals surface area (Å²) < 4.78 is 39.8. The van der Waals surface area contributed by atoms with E-state index in [1.807, 2.05) is 30.3 Å². The zero-order valence-corrected chi connectivity index (χ0v) is 18.3. The van der Waals surface area contributed by atoms with Crippen molar-refractivity contribution < 1.29 is 18.0 Å². The molecule has 4 aromatic rings. The first-order valence-electron chi connectivity index (χ1n) is 10.8. The minimum atomic E-state index is -0.943. The van der Waals surface area contributed by atoms with Crippen LogP contribution in [0.1, 0.15) is 22.4 Å². The maximum atomic E-state index is 13.6. The molecule has 172 valence electrons. The molecule has 1 amide bonds. The topological polar surface area (TPSA) is 54.9 Å². The van der Waals surface area contributed by atoms with Crippen LogP contribution in [0.15, 0.2) is 79.0 Å². The molecule has 34 heavy (non-hydrogen) atoms. The van der Waals surface area contributed by atoms with Crippen LogP contribution in [0.3, 0.4) is 0 Å². The molecule has 0 aliphatic carbocycles. The molecule has 4 rings (SSSR count). The quantitative estimate of drug-likeness (QED) is 0.358. The number of hydrogen-bond donors (Lipinski definition) is 1. The van der Waals surface area contributed by atoms with Crippen LogP contribution in [-0.2, 0) is 30.7 Å². The highest BCUT2D eigenvalue weighted by atomic mass is 19.1. The Morgan fingerprint density at radius 2 is 1.65 bits per heavy atom. The number of benzene rings is 3. The molecule has 0 saturated heterocycles. The summed E-state index contributed by atoms with van der Waals surface area (Å²) >= 11 is 0. The van der Waals surface area contributed by atoms with Crippen molar-refractivity contribution in [1.82, 2.24) is 9.97 Å². The van der Waals surface area contributed by atoms with Crippen LogP contribution >= 0.6 is 0 Å². The Morgan fingerprint density at radius 3 is 2.38 bits per heavy atom. The molecule has 1 N–H and O–H groups in total. The van der Waals surface area contributed by atoms with E-state index in [4.69, 9.17) is 0 Å². The summed E-state index contributed by atoms with van der Waals surface area (Å²) in [6, 6.07) is 19.7. The van der Waals surface area contributed by atoms with Crippen molar-refractivity contribution in [2.24, 2.45) is 0 Å². The van der Waals surface area contributed by atoms with Crippen molar-refractivity contribution >= 4 is 11.7 Å². The Kier molecular flexibility index (Phi) is 7.32. The molecule has 0 spiro atoms. The lowest BCUT2D eigenvalue weighted by atomic mass is 10.1. The Bertz CT molecular complexity index is 1280. The van der Waals surface area contributed by atoms with Crippen molar-refractivity contribution in [2.75, 3.05) is 5.32 Å². The second-order valence-electron chi connectivity index (χ2n) is 7.83. The van der Waals surface area contributed by atoms with E-state index in [9.17, 15) is 18.0 Å². The van der Waals surface area contributed by atoms with Crippen molar-refractivity contribution in [3.05, 3.63) is 113 Å². The molecule has 0 aliphatic rings. The number of nitrogens with zero attached hydrogens (tertiary/aromatic N) is 2. The smallest absolute Gasteiger partial charge is 0.229 e. The van der Waals surface area contributed by atoms with Crippen LogP contribution in [0.5, 0.6) is 0 Å². The molecule has 1 heterocycles. The fourth-order valence-corrected chi connectivity index (χ4v) is 3.58. The van der Waals surface area contributed by atoms with Crippen LogP contribution in [0, 0.1) is 11.6 Å². The van der Waals surface area contributed by atoms with E-state index >= 15 is 0 Å². The van der Waals surface area contributed by atoms with Gasteiger partial charge in [0.15, 0.2) is 5.82 Å². The molecule has 1 aromatic heterocycles. The highest BCUT2D eigenvalue weighted by Crippen LogP contribution is 2.22. The molecule has 0 unspecified atom stereocenters. The predicted octanol–water partition coefficient (Wildman–Crippen LogP) is 5.86. The molecule has 0 aliphatic heterocycles. The third-order valence-corrected chi connectivity index (χ3v) is 5.35. The van der Waals surface area contributed by atoms with Crippen LogP contribution in [0.2, 0.25) is 0 Å². The normalized spacial score (nSPS) is 10.8. The first-order chi connectivity index (χ1) is 16.5. The van der Waals surface area contributed by atoms with Gasteiger partial charge in [-0.2, -0.15) is 0 Å². The minimum absolute atomic E-state index is 0.0627. The summed E-state index contributed by atoms with van der Waals surface area (Å²) in [5.41, 5.74) is 3.37. The van der Waals surface area contributed by atoms with Crippen LogP contribution in [0.4, 0.5) is 19.0 Å². The van der Waals surface area contributed by atoms with Crippen molar-refractivity contribution in [1.29, 1.82) is 0 Å². The average molecular weight is 461 g/mol. The number of aryl methyl sites for hydroxylation is 2. The fourth-order valence-electron chi connectivity index (χ4n) is 3.58. The average Bonchev–Trinajstić information content (AvgIpc) is 2.85.